The predicted octanol–water partition coefficient (Wildman–Crippen LogP) is 1.94. The summed E-state index contributed by atoms with van der Waals surface area (Å²) in [6.07, 6.45) is 4.23. The van der Waals surface area contributed by atoms with E-state index in [4.69, 9.17) is 0 Å². The van der Waals surface area contributed by atoms with E-state index >= 15 is 0 Å². The Labute approximate surface area is 106 Å². The molecule has 4 heteroatoms. The van der Waals surface area contributed by atoms with Gasteiger partial charge in [0.15, 0.2) is 0 Å². The van der Waals surface area contributed by atoms with Gasteiger partial charge in [-0.1, -0.05) is 0 Å². The van der Waals surface area contributed by atoms with Gasteiger partial charge in [-0.2, -0.15) is 0 Å². The molecule has 90 valence electrons. The van der Waals surface area contributed by atoms with E-state index in [1.54, 1.807) is 0 Å². The van der Waals surface area contributed by atoms with Crippen LogP contribution < -0.4 is 5.32 Å². The Hall–Kier alpha value is -1.10. The summed E-state index contributed by atoms with van der Waals surface area (Å²) in [5, 5.41) is 5.58. The van der Waals surface area contributed by atoms with Crippen LogP contribution in [-0.2, 0) is 6.54 Å². The quantitative estimate of drug-likeness (QED) is 0.894. The van der Waals surface area contributed by atoms with Crippen LogP contribution in [0.25, 0.3) is 5.69 Å². The molecule has 3 heterocycles. The van der Waals surface area contributed by atoms with Crippen LogP contribution in [0, 0.1) is 0 Å². The van der Waals surface area contributed by atoms with Crippen molar-refractivity contribution in [3.05, 3.63) is 40.8 Å². The highest BCUT2D eigenvalue weighted by molar-refractivity contribution is 7.10. The monoisotopic (exact) mass is 247 g/mol. The highest BCUT2D eigenvalue weighted by Gasteiger charge is 2.13. The lowest BCUT2D eigenvalue weighted by molar-refractivity contribution is 0.235. The van der Waals surface area contributed by atoms with Gasteiger partial charge < -0.3 is 9.88 Å². The second kappa shape index (κ2) is 5.04. The standard InChI is InChI=1S/C13H17N3S/c1-2-7-16(6-1)12-3-10-17-13(12)11-15-8-4-14-5-9-15/h1-3,6-7,10,14H,4-5,8-9,11H2. The Balaban J connectivity index is 1.77. The fraction of sp³-hybridized carbons (Fsp3) is 0.385. The fourth-order valence-corrected chi connectivity index (χ4v) is 3.16. The lowest BCUT2D eigenvalue weighted by atomic mass is 10.3. The van der Waals surface area contributed by atoms with E-state index in [-0.39, 0.29) is 0 Å². The maximum atomic E-state index is 3.39. The molecule has 0 bridgehead atoms. The zero-order chi connectivity index (χ0) is 11.5. The lowest BCUT2D eigenvalue weighted by Gasteiger charge is -2.27. The summed E-state index contributed by atoms with van der Waals surface area (Å²) in [6, 6.07) is 6.36. The van der Waals surface area contributed by atoms with Gasteiger partial charge in [0.1, 0.15) is 0 Å². The number of rotatable bonds is 3. The first kappa shape index (κ1) is 11.0. The minimum absolute atomic E-state index is 1.08. The molecular formula is C13H17N3S. The number of aromatic nitrogens is 1. The minimum Gasteiger partial charge on any atom is -0.323 e. The van der Waals surface area contributed by atoms with Gasteiger partial charge in [0.25, 0.3) is 0 Å². The molecule has 0 amide bonds. The number of thiophene rings is 1. The Morgan fingerprint density at radius 3 is 2.71 bits per heavy atom. The van der Waals surface area contributed by atoms with Crippen molar-refractivity contribution >= 4 is 11.3 Å². The van der Waals surface area contributed by atoms with Crippen LogP contribution in [0.3, 0.4) is 0 Å². The molecule has 17 heavy (non-hydrogen) atoms. The lowest BCUT2D eigenvalue weighted by Crippen LogP contribution is -2.42. The fourth-order valence-electron chi connectivity index (χ4n) is 2.25. The summed E-state index contributed by atoms with van der Waals surface area (Å²) in [6.45, 7) is 5.62. The van der Waals surface area contributed by atoms with Gasteiger partial charge in [0, 0.05) is 50.0 Å². The molecule has 0 radical (unpaired) electrons. The number of hydrogen-bond acceptors (Lipinski definition) is 3. The van der Waals surface area contributed by atoms with Gasteiger partial charge in [0.05, 0.1) is 5.69 Å². The zero-order valence-electron chi connectivity index (χ0n) is 9.80. The van der Waals surface area contributed by atoms with Gasteiger partial charge in [0.2, 0.25) is 0 Å². The second-order valence-corrected chi connectivity index (χ2v) is 5.35. The first-order chi connectivity index (χ1) is 8.43. The average molecular weight is 247 g/mol. The maximum Gasteiger partial charge on any atom is 0.0601 e. The van der Waals surface area contributed by atoms with E-state index in [1.807, 2.05) is 11.3 Å². The molecule has 0 saturated carbocycles. The van der Waals surface area contributed by atoms with Crippen molar-refractivity contribution in [1.29, 1.82) is 0 Å². The second-order valence-electron chi connectivity index (χ2n) is 4.35. The largest absolute Gasteiger partial charge is 0.323 e. The molecule has 3 rings (SSSR count). The third-order valence-corrected chi connectivity index (χ3v) is 4.08. The molecule has 2 aromatic rings. The molecule has 1 saturated heterocycles. The smallest absolute Gasteiger partial charge is 0.0601 e. The molecule has 1 aliphatic heterocycles. The van der Waals surface area contributed by atoms with Crippen molar-refractivity contribution in [2.24, 2.45) is 0 Å². The first-order valence-corrected chi connectivity index (χ1v) is 6.94. The highest BCUT2D eigenvalue weighted by atomic mass is 32.1. The van der Waals surface area contributed by atoms with Crippen molar-refractivity contribution in [1.82, 2.24) is 14.8 Å². The molecular weight excluding hydrogens is 230 g/mol. The van der Waals surface area contributed by atoms with Crippen LogP contribution in [0.5, 0.6) is 0 Å². The Kier molecular flexibility index (Phi) is 3.27. The summed E-state index contributed by atoms with van der Waals surface area (Å²) < 4.78 is 2.20. The summed E-state index contributed by atoms with van der Waals surface area (Å²) >= 11 is 1.86. The highest BCUT2D eigenvalue weighted by Crippen LogP contribution is 2.23. The number of nitrogens with zero attached hydrogens (tertiary/aromatic N) is 2. The van der Waals surface area contributed by atoms with Crippen LogP contribution in [-0.4, -0.2) is 35.6 Å². The van der Waals surface area contributed by atoms with Gasteiger partial charge in [-0.15, -0.1) is 11.3 Å². The number of piperazine rings is 1. The first-order valence-electron chi connectivity index (χ1n) is 6.06. The van der Waals surface area contributed by atoms with Crippen LogP contribution in [0.2, 0.25) is 0 Å². The van der Waals surface area contributed by atoms with Crippen LogP contribution in [0.1, 0.15) is 4.88 Å². The molecule has 1 N–H and O–H groups in total. The Bertz CT molecular complexity index is 455. The van der Waals surface area contributed by atoms with Gasteiger partial charge >= 0.3 is 0 Å². The summed E-state index contributed by atoms with van der Waals surface area (Å²) in [4.78, 5) is 3.98. The molecule has 1 fully saturated rings. The summed E-state index contributed by atoms with van der Waals surface area (Å²) in [5.41, 5.74) is 1.33. The van der Waals surface area contributed by atoms with Crippen LogP contribution >= 0.6 is 11.3 Å². The maximum absolute atomic E-state index is 3.39. The molecule has 0 aliphatic carbocycles. The van der Waals surface area contributed by atoms with E-state index in [2.05, 4.69) is 50.8 Å². The number of nitrogens with one attached hydrogen (secondary N) is 1. The summed E-state index contributed by atoms with van der Waals surface area (Å²) in [7, 11) is 0. The predicted molar refractivity (Wildman–Crippen MR) is 71.8 cm³/mol. The zero-order valence-corrected chi connectivity index (χ0v) is 10.6. The van der Waals surface area contributed by atoms with Crippen molar-refractivity contribution in [3.8, 4) is 5.69 Å². The van der Waals surface area contributed by atoms with E-state index in [9.17, 15) is 0 Å². The van der Waals surface area contributed by atoms with E-state index in [0.29, 0.717) is 0 Å². The van der Waals surface area contributed by atoms with Crippen LogP contribution in [0.4, 0.5) is 0 Å². The third kappa shape index (κ3) is 2.44. The van der Waals surface area contributed by atoms with Crippen LogP contribution in [0.15, 0.2) is 36.0 Å². The molecule has 0 aromatic carbocycles. The van der Waals surface area contributed by atoms with E-state index in [0.717, 1.165) is 32.7 Å². The molecule has 0 spiro atoms. The average Bonchev–Trinajstić information content (AvgIpc) is 3.00. The third-order valence-electron chi connectivity index (χ3n) is 3.18. The Morgan fingerprint density at radius 2 is 1.94 bits per heavy atom. The molecule has 3 nitrogen and oxygen atoms in total. The van der Waals surface area contributed by atoms with E-state index < -0.39 is 0 Å². The molecule has 0 unspecified atom stereocenters. The van der Waals surface area contributed by atoms with Gasteiger partial charge in [-0.3, -0.25) is 4.90 Å². The minimum atomic E-state index is 1.08. The Morgan fingerprint density at radius 1 is 1.18 bits per heavy atom. The normalized spacial score (nSPS) is 17.4. The van der Waals surface area contributed by atoms with Gasteiger partial charge in [-0.05, 0) is 23.6 Å². The number of hydrogen-bond donors (Lipinski definition) is 1. The van der Waals surface area contributed by atoms with Crippen molar-refractivity contribution in [3.63, 3.8) is 0 Å². The summed E-state index contributed by atoms with van der Waals surface area (Å²) in [5.74, 6) is 0. The molecule has 2 aromatic heterocycles. The van der Waals surface area contributed by atoms with Crippen molar-refractivity contribution < 1.29 is 0 Å². The van der Waals surface area contributed by atoms with Crippen molar-refractivity contribution in [2.45, 2.75) is 6.54 Å². The SMILES string of the molecule is c1ccn(-c2ccsc2CN2CCNCC2)c1. The van der Waals surface area contributed by atoms with E-state index in [1.165, 1.54) is 10.6 Å². The topological polar surface area (TPSA) is 20.2 Å². The molecule has 1 aliphatic rings. The van der Waals surface area contributed by atoms with Crippen molar-refractivity contribution in [2.75, 3.05) is 26.2 Å². The molecule has 0 atom stereocenters. The van der Waals surface area contributed by atoms with Gasteiger partial charge in [-0.25, -0.2) is 0 Å².